The molecule has 0 bridgehead atoms. The number of hydrogen-bond acceptors (Lipinski definition) is 4. The van der Waals surface area contributed by atoms with Crippen LogP contribution in [0.3, 0.4) is 0 Å². The molecule has 1 amide bonds. The Hall–Kier alpha value is -2.14. The maximum Gasteiger partial charge on any atom is 0.233 e. The van der Waals surface area contributed by atoms with Crippen molar-refractivity contribution in [1.29, 1.82) is 0 Å². The number of aryl methyl sites for hydroxylation is 1. The van der Waals surface area contributed by atoms with E-state index in [4.69, 9.17) is 4.74 Å². The molecule has 2 aromatic rings. The number of anilines is 1. The predicted molar refractivity (Wildman–Crippen MR) is 108 cm³/mol. The van der Waals surface area contributed by atoms with E-state index in [0.29, 0.717) is 12.4 Å². The van der Waals surface area contributed by atoms with Crippen molar-refractivity contribution in [3.63, 3.8) is 0 Å². The molecule has 1 saturated heterocycles. The van der Waals surface area contributed by atoms with Crippen molar-refractivity contribution in [2.45, 2.75) is 18.7 Å². The highest BCUT2D eigenvalue weighted by atomic mass is 32.2. The minimum Gasteiger partial charge on any atom is -0.492 e. The summed E-state index contributed by atoms with van der Waals surface area (Å²) in [6.07, 6.45) is 0. The van der Waals surface area contributed by atoms with Crippen molar-refractivity contribution < 1.29 is 9.53 Å². The van der Waals surface area contributed by atoms with Gasteiger partial charge in [0.1, 0.15) is 5.75 Å². The van der Waals surface area contributed by atoms with E-state index in [9.17, 15) is 4.79 Å². The van der Waals surface area contributed by atoms with Crippen LogP contribution in [-0.2, 0) is 4.79 Å². The van der Waals surface area contributed by atoms with Gasteiger partial charge < -0.3 is 14.5 Å². The van der Waals surface area contributed by atoms with Gasteiger partial charge in [0.15, 0.2) is 0 Å². The number of carbonyl (C=O) groups is 1. The molecule has 3 rings (SSSR count). The van der Waals surface area contributed by atoms with E-state index in [1.807, 2.05) is 42.2 Å². The molecule has 1 aliphatic heterocycles. The summed E-state index contributed by atoms with van der Waals surface area (Å²) in [5, 5.41) is 0. The van der Waals surface area contributed by atoms with E-state index in [0.717, 1.165) is 37.6 Å². The number of thioether (sulfide) groups is 1. The summed E-state index contributed by atoms with van der Waals surface area (Å²) in [4.78, 5) is 18.0. The third-order valence-corrected chi connectivity index (χ3v) is 5.74. The Morgan fingerprint density at radius 2 is 1.73 bits per heavy atom. The zero-order valence-electron chi connectivity index (χ0n) is 15.5. The molecule has 138 valence electrons. The Bertz CT molecular complexity index is 742. The number of para-hydroxylation sites is 2. The average Bonchev–Trinajstić information content (AvgIpc) is 2.68. The van der Waals surface area contributed by atoms with E-state index in [1.54, 1.807) is 11.8 Å². The monoisotopic (exact) mass is 370 g/mol. The molecule has 0 spiro atoms. The lowest BCUT2D eigenvalue weighted by Gasteiger charge is -2.36. The van der Waals surface area contributed by atoms with E-state index >= 15 is 0 Å². The van der Waals surface area contributed by atoms with E-state index in [2.05, 4.69) is 30.0 Å². The van der Waals surface area contributed by atoms with Gasteiger partial charge in [-0.2, -0.15) is 0 Å². The SMILES string of the molecule is CCOc1ccccc1N1CCN(C(=O)CSc2ccccc2C)CC1. The molecule has 1 heterocycles. The number of benzene rings is 2. The van der Waals surface area contributed by atoms with Gasteiger partial charge >= 0.3 is 0 Å². The molecule has 0 atom stereocenters. The maximum absolute atomic E-state index is 12.6. The highest BCUT2D eigenvalue weighted by Gasteiger charge is 2.23. The standard InChI is InChI=1S/C21H26N2O2S/c1-3-25-19-10-6-5-9-18(19)22-12-14-23(15-13-22)21(24)16-26-20-11-7-4-8-17(20)2/h4-11H,3,12-16H2,1-2H3. The summed E-state index contributed by atoms with van der Waals surface area (Å²) in [6.45, 7) is 7.93. The largest absolute Gasteiger partial charge is 0.492 e. The summed E-state index contributed by atoms with van der Waals surface area (Å²) in [5.41, 5.74) is 2.35. The van der Waals surface area contributed by atoms with E-state index in [1.165, 1.54) is 10.5 Å². The first-order valence-electron chi connectivity index (χ1n) is 9.12. The van der Waals surface area contributed by atoms with Gasteiger partial charge in [0.25, 0.3) is 0 Å². The van der Waals surface area contributed by atoms with Crippen LogP contribution >= 0.6 is 11.8 Å². The minimum atomic E-state index is 0.219. The Morgan fingerprint density at radius 1 is 1.04 bits per heavy atom. The van der Waals surface area contributed by atoms with Gasteiger partial charge in [-0.1, -0.05) is 30.3 Å². The number of amides is 1. The first kappa shape index (κ1) is 18.6. The number of ether oxygens (including phenoxy) is 1. The van der Waals surface area contributed by atoms with Gasteiger partial charge in [0.05, 0.1) is 18.0 Å². The molecule has 5 heteroatoms. The molecule has 0 aromatic heterocycles. The van der Waals surface area contributed by atoms with Gasteiger partial charge in [-0.05, 0) is 37.6 Å². The predicted octanol–water partition coefficient (Wildman–Crippen LogP) is 3.83. The summed E-state index contributed by atoms with van der Waals surface area (Å²) in [7, 11) is 0. The molecule has 0 unspecified atom stereocenters. The van der Waals surface area contributed by atoms with Crippen LogP contribution in [0.15, 0.2) is 53.4 Å². The van der Waals surface area contributed by atoms with Gasteiger partial charge in [0, 0.05) is 31.1 Å². The van der Waals surface area contributed by atoms with Gasteiger partial charge in [-0.25, -0.2) is 0 Å². The van der Waals surface area contributed by atoms with Crippen molar-refractivity contribution in [1.82, 2.24) is 4.90 Å². The summed E-state index contributed by atoms with van der Waals surface area (Å²) in [6, 6.07) is 16.4. The zero-order valence-corrected chi connectivity index (χ0v) is 16.3. The highest BCUT2D eigenvalue weighted by molar-refractivity contribution is 8.00. The second-order valence-corrected chi connectivity index (χ2v) is 7.34. The lowest BCUT2D eigenvalue weighted by Crippen LogP contribution is -2.49. The Kier molecular flexibility index (Phi) is 6.45. The summed E-state index contributed by atoms with van der Waals surface area (Å²) in [5.74, 6) is 1.64. The summed E-state index contributed by atoms with van der Waals surface area (Å²) >= 11 is 1.63. The normalized spacial score (nSPS) is 14.4. The molecule has 26 heavy (non-hydrogen) atoms. The van der Waals surface area contributed by atoms with Crippen LogP contribution in [0, 0.1) is 6.92 Å². The molecule has 4 nitrogen and oxygen atoms in total. The molecule has 0 saturated carbocycles. The topological polar surface area (TPSA) is 32.8 Å². The molecule has 1 fully saturated rings. The molecule has 0 N–H and O–H groups in total. The molecule has 1 aliphatic rings. The fourth-order valence-corrected chi connectivity index (χ4v) is 4.07. The Labute approximate surface area is 160 Å². The van der Waals surface area contributed by atoms with Crippen molar-refractivity contribution in [2.75, 3.05) is 43.4 Å². The van der Waals surface area contributed by atoms with Gasteiger partial charge in [-0.15, -0.1) is 11.8 Å². The maximum atomic E-state index is 12.6. The van der Waals surface area contributed by atoms with Crippen LogP contribution < -0.4 is 9.64 Å². The lowest BCUT2D eigenvalue weighted by atomic mass is 10.2. The van der Waals surface area contributed by atoms with Crippen LogP contribution in [-0.4, -0.2) is 49.3 Å². The average molecular weight is 371 g/mol. The number of carbonyl (C=O) groups excluding carboxylic acids is 1. The second-order valence-electron chi connectivity index (χ2n) is 6.32. The molecular formula is C21H26N2O2S. The van der Waals surface area contributed by atoms with E-state index in [-0.39, 0.29) is 5.91 Å². The van der Waals surface area contributed by atoms with Crippen LogP contribution in [0.2, 0.25) is 0 Å². The zero-order chi connectivity index (χ0) is 18.4. The van der Waals surface area contributed by atoms with Crippen molar-refractivity contribution >= 4 is 23.4 Å². The van der Waals surface area contributed by atoms with E-state index < -0.39 is 0 Å². The number of nitrogens with zero attached hydrogens (tertiary/aromatic N) is 2. The number of hydrogen-bond donors (Lipinski definition) is 0. The third kappa shape index (κ3) is 4.52. The molecule has 0 aliphatic carbocycles. The van der Waals surface area contributed by atoms with Crippen molar-refractivity contribution in [3.8, 4) is 5.75 Å². The Balaban J connectivity index is 1.53. The van der Waals surface area contributed by atoms with Crippen molar-refractivity contribution in [3.05, 3.63) is 54.1 Å². The summed E-state index contributed by atoms with van der Waals surface area (Å²) < 4.78 is 5.74. The fourth-order valence-electron chi connectivity index (χ4n) is 3.14. The smallest absolute Gasteiger partial charge is 0.233 e. The van der Waals surface area contributed by atoms with Crippen LogP contribution in [0.4, 0.5) is 5.69 Å². The van der Waals surface area contributed by atoms with Gasteiger partial charge in [0.2, 0.25) is 5.91 Å². The van der Waals surface area contributed by atoms with Gasteiger partial charge in [-0.3, -0.25) is 4.79 Å². The number of piperazine rings is 1. The van der Waals surface area contributed by atoms with Crippen molar-refractivity contribution in [2.24, 2.45) is 0 Å². The van der Waals surface area contributed by atoms with Crippen LogP contribution in [0.1, 0.15) is 12.5 Å². The third-order valence-electron chi connectivity index (χ3n) is 4.58. The highest BCUT2D eigenvalue weighted by Crippen LogP contribution is 2.29. The first-order chi connectivity index (χ1) is 12.7. The van der Waals surface area contributed by atoms with Crippen LogP contribution in [0.25, 0.3) is 0 Å². The molecule has 2 aromatic carbocycles. The molecule has 0 radical (unpaired) electrons. The Morgan fingerprint density at radius 3 is 2.46 bits per heavy atom. The second kappa shape index (κ2) is 8.99. The quantitative estimate of drug-likeness (QED) is 0.724. The number of rotatable bonds is 6. The minimum absolute atomic E-state index is 0.219. The first-order valence-corrected chi connectivity index (χ1v) is 10.1. The lowest BCUT2D eigenvalue weighted by molar-refractivity contribution is -0.128. The fraction of sp³-hybridized carbons (Fsp3) is 0.381. The molecular weight excluding hydrogens is 344 g/mol. The van der Waals surface area contributed by atoms with Crippen LogP contribution in [0.5, 0.6) is 5.75 Å².